The molecule has 0 heterocycles. The van der Waals surface area contributed by atoms with Crippen LogP contribution in [0.3, 0.4) is 0 Å². The highest BCUT2D eigenvalue weighted by molar-refractivity contribution is 7.89. The molecule has 3 aromatic rings. The summed E-state index contributed by atoms with van der Waals surface area (Å²) in [6.07, 6.45) is 0. The normalized spacial score (nSPS) is 11.2. The van der Waals surface area contributed by atoms with Gasteiger partial charge in [-0.05, 0) is 48.9 Å². The molecule has 0 atom stereocenters. The van der Waals surface area contributed by atoms with Gasteiger partial charge >= 0.3 is 5.97 Å². The lowest BCUT2D eigenvalue weighted by Crippen LogP contribution is -2.37. The molecule has 0 bridgehead atoms. The Labute approximate surface area is 187 Å². The van der Waals surface area contributed by atoms with Crippen molar-refractivity contribution in [3.8, 4) is 0 Å². The van der Waals surface area contributed by atoms with E-state index in [4.69, 9.17) is 0 Å². The molecule has 0 aliphatic heterocycles. The number of benzene rings is 3. The average Bonchev–Trinajstić information content (AvgIpc) is 2.80. The lowest BCUT2D eigenvalue weighted by Gasteiger charge is -2.22. The highest BCUT2D eigenvalue weighted by Crippen LogP contribution is 2.19. The van der Waals surface area contributed by atoms with E-state index in [2.05, 4.69) is 10.1 Å². The number of aryl methyl sites for hydroxylation is 1. The molecule has 8 heteroatoms. The fourth-order valence-corrected chi connectivity index (χ4v) is 4.44. The average molecular weight is 453 g/mol. The first-order chi connectivity index (χ1) is 15.3. The summed E-state index contributed by atoms with van der Waals surface area (Å²) >= 11 is 0. The van der Waals surface area contributed by atoms with Gasteiger partial charge in [0.05, 0.1) is 24.1 Å². The third-order valence-corrected chi connectivity index (χ3v) is 6.58. The first-order valence-corrected chi connectivity index (χ1v) is 11.3. The smallest absolute Gasteiger partial charge is 0.337 e. The molecule has 0 radical (unpaired) electrons. The largest absolute Gasteiger partial charge is 0.465 e. The number of sulfonamides is 1. The zero-order valence-corrected chi connectivity index (χ0v) is 18.6. The summed E-state index contributed by atoms with van der Waals surface area (Å²) in [4.78, 5) is 24.4. The summed E-state index contributed by atoms with van der Waals surface area (Å²) < 4.78 is 32.3. The van der Waals surface area contributed by atoms with Crippen LogP contribution in [-0.2, 0) is 26.1 Å². The van der Waals surface area contributed by atoms with Crippen molar-refractivity contribution >= 4 is 27.6 Å². The number of carbonyl (C=O) groups excluding carboxylic acids is 2. The molecule has 0 aliphatic rings. The van der Waals surface area contributed by atoms with E-state index in [9.17, 15) is 18.0 Å². The predicted octanol–water partition coefficient (Wildman–Crippen LogP) is 3.61. The van der Waals surface area contributed by atoms with Crippen LogP contribution in [0.1, 0.15) is 21.5 Å². The monoisotopic (exact) mass is 452 g/mol. The molecule has 166 valence electrons. The SMILES string of the molecule is COC(=O)c1ccc(NC(=O)CN(Cc2ccc(C)cc2)S(=O)(=O)c2ccccc2)cc1. The number of hydrogen-bond acceptors (Lipinski definition) is 5. The number of methoxy groups -OCH3 is 1. The van der Waals surface area contributed by atoms with Gasteiger partial charge in [0.15, 0.2) is 0 Å². The first-order valence-electron chi connectivity index (χ1n) is 9.88. The van der Waals surface area contributed by atoms with Crippen molar-refractivity contribution in [2.45, 2.75) is 18.4 Å². The van der Waals surface area contributed by atoms with Crippen LogP contribution in [0.15, 0.2) is 83.8 Å². The second-order valence-electron chi connectivity index (χ2n) is 7.19. The van der Waals surface area contributed by atoms with E-state index in [-0.39, 0.29) is 18.0 Å². The first kappa shape index (κ1) is 23.2. The topological polar surface area (TPSA) is 92.8 Å². The van der Waals surface area contributed by atoms with E-state index in [1.807, 2.05) is 31.2 Å². The fraction of sp³-hybridized carbons (Fsp3) is 0.167. The Hall–Kier alpha value is -3.49. The maximum Gasteiger partial charge on any atom is 0.337 e. The lowest BCUT2D eigenvalue weighted by molar-refractivity contribution is -0.116. The summed E-state index contributed by atoms with van der Waals surface area (Å²) in [5.74, 6) is -0.983. The van der Waals surface area contributed by atoms with E-state index in [0.29, 0.717) is 11.3 Å². The standard InChI is InChI=1S/C24H24N2O5S/c1-18-8-10-19(11-9-18)16-26(32(29,30)22-6-4-3-5-7-22)17-23(27)25-21-14-12-20(13-15-21)24(28)31-2/h3-15H,16-17H2,1-2H3,(H,25,27). The van der Waals surface area contributed by atoms with Gasteiger partial charge in [-0.3, -0.25) is 4.79 Å². The van der Waals surface area contributed by atoms with Crippen molar-refractivity contribution in [3.05, 3.63) is 95.6 Å². The lowest BCUT2D eigenvalue weighted by atomic mass is 10.1. The molecular formula is C24H24N2O5S. The van der Waals surface area contributed by atoms with Crippen molar-refractivity contribution in [3.63, 3.8) is 0 Å². The second kappa shape index (κ2) is 10.2. The van der Waals surface area contributed by atoms with Crippen LogP contribution in [0.2, 0.25) is 0 Å². The Morgan fingerprint density at radius 2 is 1.53 bits per heavy atom. The summed E-state index contributed by atoms with van der Waals surface area (Å²) in [6, 6.07) is 21.6. The molecule has 0 saturated heterocycles. The van der Waals surface area contributed by atoms with Gasteiger partial charge in [-0.2, -0.15) is 4.31 Å². The Morgan fingerprint density at radius 1 is 0.906 bits per heavy atom. The van der Waals surface area contributed by atoms with Crippen molar-refractivity contribution in [2.24, 2.45) is 0 Å². The molecule has 0 saturated carbocycles. The fourth-order valence-electron chi connectivity index (χ4n) is 3.03. The Balaban J connectivity index is 1.80. The highest BCUT2D eigenvalue weighted by Gasteiger charge is 2.27. The van der Waals surface area contributed by atoms with Gasteiger partial charge < -0.3 is 10.1 Å². The molecule has 3 aromatic carbocycles. The zero-order valence-electron chi connectivity index (χ0n) is 17.8. The minimum absolute atomic E-state index is 0.0478. The highest BCUT2D eigenvalue weighted by atomic mass is 32.2. The minimum Gasteiger partial charge on any atom is -0.465 e. The number of nitrogens with one attached hydrogen (secondary N) is 1. The maximum absolute atomic E-state index is 13.2. The van der Waals surface area contributed by atoms with Crippen LogP contribution in [0.25, 0.3) is 0 Å². The van der Waals surface area contributed by atoms with Gasteiger partial charge in [-0.15, -0.1) is 0 Å². The van der Waals surface area contributed by atoms with Crippen LogP contribution < -0.4 is 5.32 Å². The van der Waals surface area contributed by atoms with Crippen LogP contribution in [0.4, 0.5) is 5.69 Å². The summed E-state index contributed by atoms with van der Waals surface area (Å²) in [7, 11) is -2.62. The quantitative estimate of drug-likeness (QED) is 0.527. The number of anilines is 1. The maximum atomic E-state index is 13.2. The molecule has 0 aromatic heterocycles. The Bertz CT molecular complexity index is 1180. The predicted molar refractivity (Wildman–Crippen MR) is 122 cm³/mol. The summed E-state index contributed by atoms with van der Waals surface area (Å²) in [6.45, 7) is 1.62. The Kier molecular flexibility index (Phi) is 7.40. The van der Waals surface area contributed by atoms with Gasteiger partial charge in [0.1, 0.15) is 0 Å². The van der Waals surface area contributed by atoms with Crippen LogP contribution in [0, 0.1) is 6.92 Å². The third-order valence-electron chi connectivity index (χ3n) is 4.77. The number of carbonyl (C=O) groups is 2. The minimum atomic E-state index is -3.91. The molecule has 1 N–H and O–H groups in total. The second-order valence-corrected chi connectivity index (χ2v) is 9.13. The number of nitrogens with zero attached hydrogens (tertiary/aromatic N) is 1. The molecule has 1 amide bonds. The molecule has 7 nitrogen and oxygen atoms in total. The third kappa shape index (κ3) is 5.81. The van der Waals surface area contributed by atoms with Gasteiger partial charge in [0.2, 0.25) is 15.9 Å². The van der Waals surface area contributed by atoms with Crippen molar-refractivity contribution in [2.75, 3.05) is 19.0 Å². The molecule has 3 rings (SSSR count). The van der Waals surface area contributed by atoms with E-state index >= 15 is 0 Å². The zero-order chi connectivity index (χ0) is 23.1. The summed E-state index contributed by atoms with van der Waals surface area (Å²) in [5, 5.41) is 2.68. The van der Waals surface area contributed by atoms with Gasteiger partial charge in [-0.1, -0.05) is 48.0 Å². The number of hydrogen-bond donors (Lipinski definition) is 1. The van der Waals surface area contributed by atoms with Crippen molar-refractivity contribution in [1.29, 1.82) is 0 Å². The van der Waals surface area contributed by atoms with Crippen LogP contribution >= 0.6 is 0 Å². The van der Waals surface area contributed by atoms with Gasteiger partial charge in [0.25, 0.3) is 0 Å². The molecule has 0 spiro atoms. The van der Waals surface area contributed by atoms with E-state index in [0.717, 1.165) is 15.4 Å². The van der Waals surface area contributed by atoms with E-state index in [1.54, 1.807) is 30.3 Å². The molecule has 0 aliphatic carbocycles. The molecule has 0 fully saturated rings. The van der Waals surface area contributed by atoms with Crippen LogP contribution in [0.5, 0.6) is 0 Å². The van der Waals surface area contributed by atoms with Crippen molar-refractivity contribution in [1.82, 2.24) is 4.31 Å². The Morgan fingerprint density at radius 3 is 2.12 bits per heavy atom. The van der Waals surface area contributed by atoms with E-state index in [1.165, 1.54) is 31.4 Å². The number of ether oxygens (including phenoxy) is 1. The number of amides is 1. The summed E-state index contributed by atoms with van der Waals surface area (Å²) in [5.41, 5.74) is 2.61. The van der Waals surface area contributed by atoms with Crippen LogP contribution in [-0.4, -0.2) is 38.3 Å². The van der Waals surface area contributed by atoms with Gasteiger partial charge in [0, 0.05) is 12.2 Å². The number of esters is 1. The molecule has 32 heavy (non-hydrogen) atoms. The molecule has 0 unspecified atom stereocenters. The van der Waals surface area contributed by atoms with Crippen molar-refractivity contribution < 1.29 is 22.7 Å². The molecular weight excluding hydrogens is 428 g/mol. The van der Waals surface area contributed by atoms with Gasteiger partial charge in [-0.25, -0.2) is 13.2 Å². The van der Waals surface area contributed by atoms with E-state index < -0.39 is 21.9 Å². The number of rotatable bonds is 8.